The molecule has 2 aromatic rings. The van der Waals surface area contributed by atoms with Gasteiger partial charge in [-0.15, -0.1) is 0 Å². The number of fused-ring (bicyclic) bond motifs is 1. The summed E-state index contributed by atoms with van der Waals surface area (Å²) in [5.74, 6) is 0.417. The van der Waals surface area contributed by atoms with Crippen LogP contribution in [0.25, 0.3) is 10.9 Å². The van der Waals surface area contributed by atoms with Gasteiger partial charge in [0.2, 0.25) is 0 Å². The fourth-order valence-electron chi connectivity index (χ4n) is 2.02. The number of hydrogen-bond donors (Lipinski definition) is 1. The summed E-state index contributed by atoms with van der Waals surface area (Å²) in [7, 11) is 0. The molecule has 17 heavy (non-hydrogen) atoms. The van der Waals surface area contributed by atoms with E-state index in [2.05, 4.69) is 32.0 Å². The van der Waals surface area contributed by atoms with Crippen LogP contribution in [0.3, 0.4) is 0 Å². The minimum atomic E-state index is -0.341. The fourth-order valence-corrected chi connectivity index (χ4v) is 2.02. The van der Waals surface area contributed by atoms with Crippen molar-refractivity contribution < 1.29 is 0 Å². The largest absolute Gasteiger partial charge is 0.322 e. The van der Waals surface area contributed by atoms with Gasteiger partial charge in [-0.25, -0.2) is 0 Å². The molecule has 0 unspecified atom stereocenters. The number of pyridine rings is 1. The lowest BCUT2D eigenvalue weighted by Crippen LogP contribution is -2.29. The van der Waals surface area contributed by atoms with Crippen molar-refractivity contribution in [3.05, 3.63) is 41.6 Å². The SMILES string of the molecule is CC(C)c1cc(C(C)(C)N)c2ccccc2n1. The predicted octanol–water partition coefficient (Wildman–Crippen LogP) is 3.55. The molecule has 2 rings (SSSR count). The smallest absolute Gasteiger partial charge is 0.0708 e. The third-order valence-electron chi connectivity index (χ3n) is 3.02. The Bertz CT molecular complexity index is 536. The van der Waals surface area contributed by atoms with Crippen molar-refractivity contribution in [3.8, 4) is 0 Å². The molecular formula is C15H20N2. The van der Waals surface area contributed by atoms with Gasteiger partial charge < -0.3 is 5.73 Å². The van der Waals surface area contributed by atoms with Crippen molar-refractivity contribution >= 4 is 10.9 Å². The van der Waals surface area contributed by atoms with E-state index in [1.54, 1.807) is 0 Å². The number of nitrogens with two attached hydrogens (primary N) is 1. The van der Waals surface area contributed by atoms with E-state index in [4.69, 9.17) is 10.7 Å². The average molecular weight is 228 g/mol. The minimum absolute atomic E-state index is 0.341. The lowest BCUT2D eigenvalue weighted by Gasteiger charge is -2.23. The highest BCUT2D eigenvalue weighted by atomic mass is 14.7. The van der Waals surface area contributed by atoms with E-state index in [0.717, 1.165) is 16.6 Å². The Hall–Kier alpha value is -1.41. The molecule has 0 aliphatic carbocycles. The van der Waals surface area contributed by atoms with Gasteiger partial charge in [0, 0.05) is 16.6 Å². The van der Waals surface area contributed by atoms with Crippen LogP contribution < -0.4 is 5.73 Å². The summed E-state index contributed by atoms with van der Waals surface area (Å²) in [5.41, 5.74) is 9.24. The molecule has 0 fully saturated rings. The molecule has 0 spiro atoms. The maximum absolute atomic E-state index is 6.26. The van der Waals surface area contributed by atoms with E-state index in [-0.39, 0.29) is 5.54 Å². The number of benzene rings is 1. The molecule has 0 atom stereocenters. The van der Waals surface area contributed by atoms with Crippen molar-refractivity contribution in [2.75, 3.05) is 0 Å². The van der Waals surface area contributed by atoms with Crippen LogP contribution in [0.15, 0.2) is 30.3 Å². The highest BCUT2D eigenvalue weighted by molar-refractivity contribution is 5.83. The van der Waals surface area contributed by atoms with Gasteiger partial charge in [0.25, 0.3) is 0 Å². The average Bonchev–Trinajstić information content (AvgIpc) is 2.26. The van der Waals surface area contributed by atoms with E-state index in [1.807, 2.05) is 26.0 Å². The first-order valence-corrected chi connectivity index (χ1v) is 6.08. The maximum atomic E-state index is 6.26. The number of hydrogen-bond acceptors (Lipinski definition) is 2. The molecule has 2 N–H and O–H groups in total. The van der Waals surface area contributed by atoms with Crippen LogP contribution in [0.2, 0.25) is 0 Å². The summed E-state index contributed by atoms with van der Waals surface area (Å²) in [6.07, 6.45) is 0. The molecule has 90 valence electrons. The first kappa shape index (κ1) is 12.1. The molecule has 0 aliphatic heterocycles. The van der Waals surface area contributed by atoms with Gasteiger partial charge in [-0.2, -0.15) is 0 Å². The normalized spacial score (nSPS) is 12.4. The molecule has 0 amide bonds. The van der Waals surface area contributed by atoms with Crippen LogP contribution in [0, 0.1) is 0 Å². The van der Waals surface area contributed by atoms with Gasteiger partial charge in [0.05, 0.1) is 5.52 Å². The molecule has 0 bridgehead atoms. The Labute approximate surface area is 103 Å². The predicted molar refractivity (Wildman–Crippen MR) is 73.0 cm³/mol. The van der Waals surface area contributed by atoms with Gasteiger partial charge >= 0.3 is 0 Å². The monoisotopic (exact) mass is 228 g/mol. The van der Waals surface area contributed by atoms with Crippen molar-refractivity contribution in [2.24, 2.45) is 5.73 Å². The van der Waals surface area contributed by atoms with Gasteiger partial charge in [-0.05, 0) is 37.5 Å². The Morgan fingerprint density at radius 1 is 1.18 bits per heavy atom. The molecular weight excluding hydrogens is 208 g/mol. The minimum Gasteiger partial charge on any atom is -0.322 e. The van der Waals surface area contributed by atoms with Crippen LogP contribution in [-0.4, -0.2) is 4.98 Å². The second-order valence-electron chi connectivity index (χ2n) is 5.49. The Morgan fingerprint density at radius 3 is 2.41 bits per heavy atom. The molecule has 2 nitrogen and oxygen atoms in total. The number of rotatable bonds is 2. The zero-order valence-electron chi connectivity index (χ0n) is 11.0. The van der Waals surface area contributed by atoms with E-state index >= 15 is 0 Å². The Balaban J connectivity index is 2.79. The van der Waals surface area contributed by atoms with Crippen molar-refractivity contribution in [2.45, 2.75) is 39.2 Å². The highest BCUT2D eigenvalue weighted by Crippen LogP contribution is 2.28. The molecule has 0 radical (unpaired) electrons. The van der Waals surface area contributed by atoms with E-state index in [0.29, 0.717) is 5.92 Å². The first-order valence-electron chi connectivity index (χ1n) is 6.08. The van der Waals surface area contributed by atoms with Crippen LogP contribution in [0.5, 0.6) is 0 Å². The van der Waals surface area contributed by atoms with Crippen LogP contribution >= 0.6 is 0 Å². The number of para-hydroxylation sites is 1. The van der Waals surface area contributed by atoms with Crippen LogP contribution in [0.1, 0.15) is 44.9 Å². The van der Waals surface area contributed by atoms with E-state index < -0.39 is 0 Å². The lowest BCUT2D eigenvalue weighted by atomic mass is 9.90. The Kier molecular flexibility index (Phi) is 2.92. The van der Waals surface area contributed by atoms with Gasteiger partial charge in [-0.3, -0.25) is 4.98 Å². The molecule has 0 saturated heterocycles. The standard InChI is InChI=1S/C15H20N2/c1-10(2)14-9-12(15(3,4)16)11-7-5-6-8-13(11)17-14/h5-10H,16H2,1-4H3. The Morgan fingerprint density at radius 2 is 1.82 bits per heavy atom. The number of nitrogens with zero attached hydrogens (tertiary/aromatic N) is 1. The molecule has 1 aromatic carbocycles. The van der Waals surface area contributed by atoms with Crippen molar-refractivity contribution in [3.63, 3.8) is 0 Å². The van der Waals surface area contributed by atoms with Crippen molar-refractivity contribution in [1.82, 2.24) is 4.98 Å². The lowest BCUT2D eigenvalue weighted by molar-refractivity contribution is 0.557. The second-order valence-corrected chi connectivity index (χ2v) is 5.49. The molecule has 1 heterocycles. The highest BCUT2D eigenvalue weighted by Gasteiger charge is 2.19. The van der Waals surface area contributed by atoms with E-state index in [9.17, 15) is 0 Å². The zero-order valence-corrected chi connectivity index (χ0v) is 11.0. The second kappa shape index (κ2) is 4.11. The third-order valence-corrected chi connectivity index (χ3v) is 3.02. The summed E-state index contributed by atoms with van der Waals surface area (Å²) in [5, 5.41) is 1.16. The summed E-state index contributed by atoms with van der Waals surface area (Å²) >= 11 is 0. The third kappa shape index (κ3) is 2.32. The van der Waals surface area contributed by atoms with Gasteiger partial charge in [-0.1, -0.05) is 32.0 Å². The summed E-state index contributed by atoms with van der Waals surface area (Å²) in [4.78, 5) is 4.69. The fraction of sp³-hybridized carbons (Fsp3) is 0.400. The van der Waals surface area contributed by atoms with E-state index in [1.165, 1.54) is 5.56 Å². The quantitative estimate of drug-likeness (QED) is 0.853. The summed E-state index contributed by atoms with van der Waals surface area (Å²) in [6, 6.07) is 10.3. The summed E-state index contributed by atoms with van der Waals surface area (Å²) in [6.45, 7) is 8.40. The van der Waals surface area contributed by atoms with Crippen LogP contribution in [0.4, 0.5) is 0 Å². The molecule has 1 aromatic heterocycles. The molecule has 2 heteroatoms. The zero-order chi connectivity index (χ0) is 12.6. The maximum Gasteiger partial charge on any atom is 0.0708 e. The molecule has 0 aliphatic rings. The first-order chi connectivity index (χ1) is 7.89. The molecule has 0 saturated carbocycles. The topological polar surface area (TPSA) is 38.9 Å². The van der Waals surface area contributed by atoms with Crippen molar-refractivity contribution in [1.29, 1.82) is 0 Å². The van der Waals surface area contributed by atoms with Gasteiger partial charge in [0.15, 0.2) is 0 Å². The summed E-state index contributed by atoms with van der Waals surface area (Å²) < 4.78 is 0. The van der Waals surface area contributed by atoms with Gasteiger partial charge in [0.1, 0.15) is 0 Å². The number of aromatic nitrogens is 1. The van der Waals surface area contributed by atoms with Crippen LogP contribution in [-0.2, 0) is 5.54 Å².